The van der Waals surface area contributed by atoms with Gasteiger partial charge in [0, 0.05) is 19.3 Å². The van der Waals surface area contributed by atoms with Crippen molar-refractivity contribution >= 4 is 45.4 Å². The second kappa shape index (κ2) is 11.0. The van der Waals surface area contributed by atoms with Gasteiger partial charge in [-0.1, -0.05) is 0 Å². The maximum atomic E-state index is 11.8. The molecule has 9 nitrogen and oxygen atoms in total. The van der Waals surface area contributed by atoms with Gasteiger partial charge in [-0.25, -0.2) is 0 Å². The molecule has 0 fully saturated rings. The zero-order chi connectivity index (χ0) is 18.7. The number of aliphatic imine (C=N–C) groups is 1. The van der Waals surface area contributed by atoms with Crippen molar-refractivity contribution in [1.29, 1.82) is 0 Å². The van der Waals surface area contributed by atoms with E-state index >= 15 is 0 Å². The molecule has 0 heterocycles. The molecule has 0 spiro atoms. The molecule has 0 aliphatic heterocycles. The number of nitrogens with one attached hydrogen (secondary N) is 1. The summed E-state index contributed by atoms with van der Waals surface area (Å²) >= 11 is 0.876. The molecular formula is C14H18N4O5S. The first-order valence-corrected chi connectivity index (χ1v) is 7.56. The van der Waals surface area contributed by atoms with Crippen molar-refractivity contribution in [3.63, 3.8) is 0 Å². The van der Waals surface area contributed by atoms with Crippen LogP contribution >= 0.6 is 11.8 Å². The van der Waals surface area contributed by atoms with Crippen LogP contribution in [0.5, 0.6) is 0 Å². The Balaban J connectivity index is 4.86. The van der Waals surface area contributed by atoms with E-state index < -0.39 is 29.5 Å². The van der Waals surface area contributed by atoms with E-state index in [1.54, 1.807) is 6.92 Å². The number of nitrogens with zero attached hydrogens (tertiary/aromatic N) is 1. The minimum Gasteiger partial charge on any atom is -0.370 e. The van der Waals surface area contributed by atoms with Gasteiger partial charge in [-0.3, -0.25) is 29.0 Å². The van der Waals surface area contributed by atoms with Crippen LogP contribution in [0.15, 0.2) is 4.99 Å². The van der Waals surface area contributed by atoms with Gasteiger partial charge >= 0.3 is 0 Å². The van der Waals surface area contributed by atoms with Gasteiger partial charge < -0.3 is 16.8 Å². The van der Waals surface area contributed by atoms with Crippen molar-refractivity contribution in [1.82, 2.24) is 5.32 Å². The van der Waals surface area contributed by atoms with Crippen LogP contribution in [0, 0.1) is 11.8 Å². The summed E-state index contributed by atoms with van der Waals surface area (Å²) in [7, 11) is 0. The number of primary amides is 2. The lowest BCUT2D eigenvalue weighted by Crippen LogP contribution is -2.42. The zero-order valence-electron chi connectivity index (χ0n) is 13.3. The van der Waals surface area contributed by atoms with Crippen molar-refractivity contribution in [3.05, 3.63) is 0 Å². The molecule has 0 aliphatic carbocycles. The van der Waals surface area contributed by atoms with E-state index in [0.717, 1.165) is 11.8 Å². The van der Waals surface area contributed by atoms with Crippen LogP contribution in [0.25, 0.3) is 0 Å². The average Bonchev–Trinajstić information content (AvgIpc) is 2.45. The summed E-state index contributed by atoms with van der Waals surface area (Å²) in [5.74, 6) is 0.813. The number of rotatable bonds is 7. The zero-order valence-corrected chi connectivity index (χ0v) is 14.1. The fraction of sp³-hybridized carbons (Fsp3) is 0.429. The second-order valence-corrected chi connectivity index (χ2v) is 5.90. The molecule has 5 N–H and O–H groups in total. The maximum Gasteiger partial charge on any atom is 0.293 e. The molecule has 0 radical (unpaired) electrons. The Hall–Kier alpha value is -2.67. The molecule has 0 aliphatic rings. The number of nitrogens with two attached hydrogens (primary N) is 2. The molecule has 0 bridgehead atoms. The van der Waals surface area contributed by atoms with Crippen LogP contribution in [0.4, 0.5) is 0 Å². The molecule has 1 atom stereocenters. The normalized spacial score (nSPS) is 11.7. The first-order valence-electron chi connectivity index (χ1n) is 6.74. The first kappa shape index (κ1) is 21.3. The largest absolute Gasteiger partial charge is 0.370 e. The lowest BCUT2D eigenvalue weighted by molar-refractivity contribution is -0.125. The quantitative estimate of drug-likeness (QED) is 0.218. The van der Waals surface area contributed by atoms with E-state index in [1.165, 1.54) is 6.92 Å². The SMILES string of the molecule is CC(=O)SC(C)=NCC(=O)N[C@@H](CCC(N)=O)C(=O)C#CC(N)=O. The van der Waals surface area contributed by atoms with Gasteiger partial charge in [0.05, 0.1) is 5.04 Å². The molecule has 0 rings (SSSR count). The molecule has 0 aromatic rings. The highest BCUT2D eigenvalue weighted by Gasteiger charge is 2.20. The molecule has 10 heteroatoms. The highest BCUT2D eigenvalue weighted by atomic mass is 32.2. The van der Waals surface area contributed by atoms with Gasteiger partial charge in [-0.05, 0) is 31.0 Å². The number of hydrogen-bond donors (Lipinski definition) is 3. The standard InChI is InChI=1S/C14H18N4O5S/c1-8(24-9(2)19)17-7-14(23)18-10(3-5-12(15)21)11(20)4-6-13(16)22/h10H,3,5,7H2,1-2H3,(H2,15,21)(H2,16,22)(H,18,23)/t10-/m0/s1. The van der Waals surface area contributed by atoms with Crippen molar-refractivity contribution in [2.45, 2.75) is 32.7 Å². The molecule has 3 amide bonds. The van der Waals surface area contributed by atoms with Crippen LogP contribution in [0.3, 0.4) is 0 Å². The van der Waals surface area contributed by atoms with Gasteiger partial charge in [-0.2, -0.15) is 0 Å². The predicted molar refractivity (Wildman–Crippen MR) is 88.6 cm³/mol. The average molecular weight is 354 g/mol. The summed E-state index contributed by atoms with van der Waals surface area (Å²) in [6.07, 6.45) is -0.227. The monoisotopic (exact) mass is 354 g/mol. The van der Waals surface area contributed by atoms with Gasteiger partial charge in [0.25, 0.3) is 5.91 Å². The predicted octanol–water partition coefficient (Wildman–Crippen LogP) is -1.51. The van der Waals surface area contributed by atoms with E-state index in [1.807, 2.05) is 11.8 Å². The minimum atomic E-state index is -1.12. The van der Waals surface area contributed by atoms with Crippen molar-refractivity contribution in [2.75, 3.05) is 6.54 Å². The summed E-state index contributed by atoms with van der Waals surface area (Å²) in [5, 5.41) is 2.57. The topological polar surface area (TPSA) is 162 Å². The third kappa shape index (κ3) is 11.0. The van der Waals surface area contributed by atoms with E-state index in [-0.39, 0.29) is 24.5 Å². The van der Waals surface area contributed by atoms with Gasteiger partial charge in [0.1, 0.15) is 12.6 Å². The Bertz CT molecular complexity index is 633. The van der Waals surface area contributed by atoms with Crippen LogP contribution in [-0.4, -0.2) is 46.3 Å². The van der Waals surface area contributed by atoms with Crippen molar-refractivity contribution < 1.29 is 24.0 Å². The van der Waals surface area contributed by atoms with Crippen LogP contribution in [-0.2, 0) is 24.0 Å². The highest BCUT2D eigenvalue weighted by Crippen LogP contribution is 2.04. The highest BCUT2D eigenvalue weighted by molar-refractivity contribution is 8.26. The minimum absolute atomic E-state index is 0.0712. The number of carbonyl (C=O) groups is 5. The maximum absolute atomic E-state index is 11.8. The molecule has 0 unspecified atom stereocenters. The summed E-state index contributed by atoms with van der Waals surface area (Å²) in [6, 6.07) is -1.12. The van der Waals surface area contributed by atoms with Gasteiger partial charge in [-0.15, -0.1) is 0 Å². The lowest BCUT2D eigenvalue weighted by Gasteiger charge is -2.13. The Morgan fingerprint density at radius 1 is 1.12 bits per heavy atom. The van der Waals surface area contributed by atoms with Gasteiger partial charge in [0.2, 0.25) is 17.6 Å². The fourth-order valence-corrected chi connectivity index (χ4v) is 1.97. The van der Waals surface area contributed by atoms with Gasteiger partial charge in [0.15, 0.2) is 5.12 Å². The number of hydrogen-bond acceptors (Lipinski definition) is 7. The number of carbonyl (C=O) groups excluding carboxylic acids is 5. The molecule has 0 aromatic heterocycles. The first-order chi connectivity index (χ1) is 11.1. The molecule has 0 saturated carbocycles. The number of thioether (sulfide) groups is 1. The third-order valence-electron chi connectivity index (χ3n) is 2.38. The summed E-state index contributed by atoms with van der Waals surface area (Å²) in [5.41, 5.74) is 9.82. The third-order valence-corrected chi connectivity index (χ3v) is 3.09. The van der Waals surface area contributed by atoms with E-state index in [2.05, 4.69) is 10.3 Å². The van der Waals surface area contributed by atoms with Crippen molar-refractivity contribution in [2.24, 2.45) is 16.5 Å². The Labute approximate surface area is 143 Å². The smallest absolute Gasteiger partial charge is 0.293 e. The number of ketones is 1. The molecule has 0 aromatic carbocycles. The van der Waals surface area contributed by atoms with E-state index in [4.69, 9.17) is 11.5 Å². The Morgan fingerprint density at radius 2 is 1.75 bits per heavy atom. The van der Waals surface area contributed by atoms with Crippen molar-refractivity contribution in [3.8, 4) is 11.8 Å². The molecule has 130 valence electrons. The molecular weight excluding hydrogens is 336 g/mol. The number of Topliss-reactive ketones (excluding diaryl/α,β-unsaturated/α-hetero) is 1. The number of amides is 3. The van der Waals surface area contributed by atoms with Crippen LogP contribution in [0.1, 0.15) is 26.7 Å². The van der Waals surface area contributed by atoms with E-state index in [0.29, 0.717) is 5.04 Å². The second-order valence-electron chi connectivity index (χ2n) is 4.53. The van der Waals surface area contributed by atoms with Crippen LogP contribution in [0.2, 0.25) is 0 Å². The summed E-state index contributed by atoms with van der Waals surface area (Å²) < 4.78 is 0. The summed E-state index contributed by atoms with van der Waals surface area (Å²) in [4.78, 5) is 59.8. The summed E-state index contributed by atoms with van der Waals surface area (Å²) in [6.45, 7) is 2.61. The van der Waals surface area contributed by atoms with E-state index in [9.17, 15) is 24.0 Å². The Kier molecular flexibility index (Phi) is 9.74. The molecule has 24 heavy (non-hydrogen) atoms. The van der Waals surface area contributed by atoms with Crippen LogP contribution < -0.4 is 16.8 Å². The lowest BCUT2D eigenvalue weighted by atomic mass is 10.1. The fourth-order valence-electron chi connectivity index (χ4n) is 1.43. The Morgan fingerprint density at radius 3 is 2.25 bits per heavy atom. The molecule has 0 saturated heterocycles.